The van der Waals surface area contributed by atoms with Crippen LogP contribution in [0.15, 0.2) is 63.0 Å². The lowest BCUT2D eigenvalue weighted by Gasteiger charge is -1.95. The van der Waals surface area contributed by atoms with Crippen LogP contribution in [0, 0.1) is 5.82 Å². The van der Waals surface area contributed by atoms with Gasteiger partial charge < -0.3 is 8.94 Å². The molecule has 4 rings (SSSR count). The molecule has 0 spiro atoms. The van der Waals surface area contributed by atoms with Crippen molar-refractivity contribution in [3.8, 4) is 22.8 Å². The van der Waals surface area contributed by atoms with Gasteiger partial charge in [0.05, 0.1) is 0 Å². The molecule has 0 saturated heterocycles. The first-order valence-electron chi connectivity index (χ1n) is 8.23. The summed E-state index contributed by atoms with van der Waals surface area (Å²) < 4.78 is 23.8. The van der Waals surface area contributed by atoms with Gasteiger partial charge in [-0.3, -0.25) is 4.98 Å². The van der Waals surface area contributed by atoms with Gasteiger partial charge in [0, 0.05) is 35.7 Å². The van der Waals surface area contributed by atoms with E-state index in [4.69, 9.17) is 8.94 Å². The molecule has 0 aliphatic rings. The number of rotatable bonds is 7. The van der Waals surface area contributed by atoms with Crippen LogP contribution in [0.25, 0.3) is 22.8 Å². The fourth-order valence-electron chi connectivity index (χ4n) is 2.33. The van der Waals surface area contributed by atoms with Crippen molar-refractivity contribution in [2.75, 3.05) is 5.75 Å². The molecule has 0 atom stereocenters. The van der Waals surface area contributed by atoms with Crippen molar-refractivity contribution in [1.82, 2.24) is 25.3 Å². The summed E-state index contributed by atoms with van der Waals surface area (Å²) in [6.45, 7) is 0. The van der Waals surface area contributed by atoms with Crippen LogP contribution in [0.4, 0.5) is 4.39 Å². The Labute approximate surface area is 158 Å². The molecule has 0 amide bonds. The summed E-state index contributed by atoms with van der Waals surface area (Å²) in [7, 11) is 0. The zero-order chi connectivity index (χ0) is 18.5. The Morgan fingerprint density at radius 2 is 1.78 bits per heavy atom. The number of nitrogens with zero attached hydrogens (tertiary/aromatic N) is 5. The molecule has 3 aromatic heterocycles. The lowest BCUT2D eigenvalue weighted by atomic mass is 10.2. The first-order valence-corrected chi connectivity index (χ1v) is 9.22. The molecule has 0 unspecified atom stereocenters. The number of pyridine rings is 1. The zero-order valence-electron chi connectivity index (χ0n) is 14.1. The average Bonchev–Trinajstić information content (AvgIpc) is 3.36. The zero-order valence-corrected chi connectivity index (χ0v) is 14.9. The van der Waals surface area contributed by atoms with Crippen molar-refractivity contribution in [1.29, 1.82) is 0 Å². The Hall–Kier alpha value is -3.07. The highest BCUT2D eigenvalue weighted by molar-refractivity contribution is 7.99. The number of thioether (sulfide) groups is 1. The highest BCUT2D eigenvalue weighted by Crippen LogP contribution is 2.24. The number of aryl methyl sites for hydroxylation is 1. The second kappa shape index (κ2) is 8.09. The molecule has 1 aromatic carbocycles. The van der Waals surface area contributed by atoms with Gasteiger partial charge in [0.1, 0.15) is 5.82 Å². The van der Waals surface area contributed by atoms with E-state index in [-0.39, 0.29) is 5.82 Å². The largest absolute Gasteiger partial charge is 0.411 e. The van der Waals surface area contributed by atoms with E-state index in [0.29, 0.717) is 34.8 Å². The van der Waals surface area contributed by atoms with Crippen LogP contribution >= 0.6 is 11.8 Å². The third kappa shape index (κ3) is 4.37. The molecule has 0 aliphatic carbocycles. The van der Waals surface area contributed by atoms with Crippen LogP contribution in [0.3, 0.4) is 0 Å². The lowest BCUT2D eigenvalue weighted by molar-refractivity contribution is 0.378. The summed E-state index contributed by atoms with van der Waals surface area (Å²) >= 11 is 1.45. The number of hydrogen-bond donors (Lipinski definition) is 0. The molecular weight excluding hydrogens is 369 g/mol. The summed E-state index contributed by atoms with van der Waals surface area (Å²) in [5.74, 6) is 1.97. The predicted molar refractivity (Wildman–Crippen MR) is 96.3 cm³/mol. The second-order valence-corrected chi connectivity index (χ2v) is 6.63. The predicted octanol–water partition coefficient (Wildman–Crippen LogP) is 4.05. The summed E-state index contributed by atoms with van der Waals surface area (Å²) in [4.78, 5) is 8.35. The molecule has 9 heteroatoms. The van der Waals surface area contributed by atoms with Crippen LogP contribution in [0.5, 0.6) is 0 Å². The van der Waals surface area contributed by atoms with Crippen molar-refractivity contribution in [2.45, 2.75) is 18.1 Å². The monoisotopic (exact) mass is 383 g/mol. The van der Waals surface area contributed by atoms with Gasteiger partial charge in [-0.25, -0.2) is 4.39 Å². The fourth-order valence-corrected chi connectivity index (χ4v) is 3.03. The minimum Gasteiger partial charge on any atom is -0.411 e. The topological polar surface area (TPSA) is 90.7 Å². The van der Waals surface area contributed by atoms with E-state index in [1.807, 2.05) is 12.1 Å². The fraction of sp³-hybridized carbons (Fsp3) is 0.167. The maximum Gasteiger partial charge on any atom is 0.276 e. The van der Waals surface area contributed by atoms with Crippen LogP contribution in [0.1, 0.15) is 12.3 Å². The third-order valence-corrected chi connectivity index (χ3v) is 4.57. The van der Waals surface area contributed by atoms with Crippen LogP contribution in [-0.2, 0) is 6.42 Å². The van der Waals surface area contributed by atoms with Crippen molar-refractivity contribution in [3.05, 3.63) is 60.5 Å². The lowest BCUT2D eigenvalue weighted by Crippen LogP contribution is -1.89. The smallest absolute Gasteiger partial charge is 0.276 e. The Bertz CT molecular complexity index is 1000. The van der Waals surface area contributed by atoms with E-state index < -0.39 is 0 Å². The van der Waals surface area contributed by atoms with Gasteiger partial charge in [-0.1, -0.05) is 16.9 Å². The summed E-state index contributed by atoms with van der Waals surface area (Å²) in [5.41, 5.74) is 1.55. The van der Waals surface area contributed by atoms with Gasteiger partial charge >= 0.3 is 0 Å². The second-order valence-electron chi connectivity index (χ2n) is 5.58. The number of hydrogen-bond acceptors (Lipinski definition) is 8. The number of benzene rings is 1. The molecule has 0 bridgehead atoms. The van der Waals surface area contributed by atoms with E-state index in [1.165, 1.54) is 23.9 Å². The average molecular weight is 383 g/mol. The Balaban J connectivity index is 1.27. The van der Waals surface area contributed by atoms with Gasteiger partial charge in [-0.05, 0) is 42.8 Å². The Morgan fingerprint density at radius 1 is 0.963 bits per heavy atom. The van der Waals surface area contributed by atoms with Crippen LogP contribution in [-0.4, -0.2) is 31.1 Å². The minimum absolute atomic E-state index is 0.305. The van der Waals surface area contributed by atoms with E-state index in [1.54, 1.807) is 24.5 Å². The Morgan fingerprint density at radius 3 is 2.59 bits per heavy atom. The molecular formula is C18H14FN5O2S. The normalized spacial score (nSPS) is 11.0. The van der Waals surface area contributed by atoms with Gasteiger partial charge in [-0.2, -0.15) is 4.98 Å². The van der Waals surface area contributed by atoms with Gasteiger partial charge in [0.25, 0.3) is 5.22 Å². The molecule has 0 aliphatic heterocycles. The minimum atomic E-state index is -0.305. The van der Waals surface area contributed by atoms with Crippen molar-refractivity contribution < 1.29 is 13.3 Å². The highest BCUT2D eigenvalue weighted by atomic mass is 32.2. The van der Waals surface area contributed by atoms with E-state index >= 15 is 0 Å². The van der Waals surface area contributed by atoms with Crippen molar-refractivity contribution >= 4 is 11.8 Å². The molecule has 0 fully saturated rings. The third-order valence-electron chi connectivity index (χ3n) is 3.66. The molecule has 27 heavy (non-hydrogen) atoms. The van der Waals surface area contributed by atoms with E-state index in [0.717, 1.165) is 17.7 Å². The summed E-state index contributed by atoms with van der Waals surface area (Å²) in [6, 6.07) is 9.59. The van der Waals surface area contributed by atoms with Crippen molar-refractivity contribution in [3.63, 3.8) is 0 Å². The first kappa shape index (κ1) is 17.3. The van der Waals surface area contributed by atoms with Gasteiger partial charge in [0.2, 0.25) is 17.6 Å². The molecule has 0 saturated carbocycles. The van der Waals surface area contributed by atoms with Crippen LogP contribution < -0.4 is 0 Å². The molecule has 4 aromatic rings. The quantitative estimate of drug-likeness (QED) is 0.349. The molecule has 0 radical (unpaired) electrons. The Kier molecular flexibility index (Phi) is 5.20. The molecule has 136 valence electrons. The summed E-state index contributed by atoms with van der Waals surface area (Å²) in [6.07, 6.45) is 4.85. The van der Waals surface area contributed by atoms with Crippen LogP contribution in [0.2, 0.25) is 0 Å². The maximum atomic E-state index is 13.0. The molecule has 7 nitrogen and oxygen atoms in total. The number of halogens is 1. The molecule has 3 heterocycles. The maximum absolute atomic E-state index is 13.0. The SMILES string of the molecule is Fc1ccc(-c2nnc(SCCCc3nc(-c4ccncc4)no3)o2)cc1. The first-order chi connectivity index (χ1) is 13.3. The summed E-state index contributed by atoms with van der Waals surface area (Å²) in [5, 5.41) is 12.4. The highest BCUT2D eigenvalue weighted by Gasteiger charge is 2.11. The van der Waals surface area contributed by atoms with Crippen molar-refractivity contribution in [2.24, 2.45) is 0 Å². The number of aromatic nitrogens is 5. The van der Waals surface area contributed by atoms with Gasteiger partial charge in [0.15, 0.2) is 0 Å². The van der Waals surface area contributed by atoms with E-state index in [9.17, 15) is 4.39 Å². The van der Waals surface area contributed by atoms with E-state index in [2.05, 4.69) is 25.3 Å². The molecule has 0 N–H and O–H groups in total. The van der Waals surface area contributed by atoms with Gasteiger partial charge in [-0.15, -0.1) is 10.2 Å². The standard InChI is InChI=1S/C18H14FN5O2S/c19-14-5-3-13(4-6-14)17-22-23-18(25-17)27-11-1-2-15-21-16(24-26-15)12-7-9-20-10-8-12/h3-10H,1-2,11H2.